The minimum absolute atomic E-state index is 0.202. The molecule has 1 aromatic rings. The summed E-state index contributed by atoms with van der Waals surface area (Å²) < 4.78 is 21.0. The first-order chi connectivity index (χ1) is 12.5. The molecule has 1 fully saturated rings. The smallest absolute Gasteiger partial charge is 0.409 e. The molecule has 1 saturated heterocycles. The van der Waals surface area contributed by atoms with Gasteiger partial charge < -0.3 is 28.7 Å². The number of amides is 2. The van der Waals surface area contributed by atoms with Gasteiger partial charge in [-0.2, -0.15) is 0 Å². The number of hydrogen-bond acceptors (Lipinski definition) is 6. The third-order valence-corrected chi connectivity index (χ3v) is 4.24. The summed E-state index contributed by atoms with van der Waals surface area (Å²) in [5.41, 5.74) is 0.348. The molecule has 26 heavy (non-hydrogen) atoms. The third kappa shape index (κ3) is 4.30. The van der Waals surface area contributed by atoms with Gasteiger partial charge in [0.05, 0.1) is 27.9 Å². The van der Waals surface area contributed by atoms with E-state index in [4.69, 9.17) is 18.9 Å². The molecule has 0 N–H and O–H groups in total. The van der Waals surface area contributed by atoms with Crippen molar-refractivity contribution in [3.05, 3.63) is 17.7 Å². The van der Waals surface area contributed by atoms with Crippen LogP contribution in [0.15, 0.2) is 12.1 Å². The minimum atomic E-state index is -0.346. The van der Waals surface area contributed by atoms with Crippen molar-refractivity contribution in [1.82, 2.24) is 9.80 Å². The second-order valence-electron chi connectivity index (χ2n) is 5.74. The summed E-state index contributed by atoms with van der Waals surface area (Å²) in [5.74, 6) is 1.11. The summed E-state index contributed by atoms with van der Waals surface area (Å²) in [6, 6.07) is 3.30. The molecule has 1 aromatic carbocycles. The van der Waals surface area contributed by atoms with E-state index in [1.807, 2.05) is 0 Å². The molecule has 0 radical (unpaired) electrons. The fraction of sp³-hybridized carbons (Fsp3) is 0.556. The van der Waals surface area contributed by atoms with E-state index < -0.39 is 0 Å². The Morgan fingerprint density at radius 1 is 0.923 bits per heavy atom. The monoisotopic (exact) mass is 366 g/mol. The lowest BCUT2D eigenvalue weighted by molar-refractivity contribution is 0.0746. The Kier molecular flexibility index (Phi) is 6.94. The van der Waals surface area contributed by atoms with Gasteiger partial charge in [-0.25, -0.2) is 4.79 Å². The van der Waals surface area contributed by atoms with Crippen molar-refractivity contribution < 1.29 is 28.5 Å². The molecule has 0 atom stereocenters. The second kappa shape index (κ2) is 9.17. The molecule has 8 nitrogen and oxygen atoms in total. The maximum Gasteiger partial charge on any atom is 0.409 e. The Morgan fingerprint density at radius 2 is 1.50 bits per heavy atom. The van der Waals surface area contributed by atoms with Gasteiger partial charge in [0.15, 0.2) is 0 Å². The lowest BCUT2D eigenvalue weighted by atomic mass is 10.1. The predicted molar refractivity (Wildman–Crippen MR) is 95.2 cm³/mol. The number of carbonyl (C=O) groups excluding carboxylic acids is 2. The number of benzene rings is 1. The first-order valence-electron chi connectivity index (χ1n) is 8.56. The van der Waals surface area contributed by atoms with E-state index in [0.717, 1.165) is 0 Å². The van der Waals surface area contributed by atoms with Gasteiger partial charge in [-0.3, -0.25) is 4.79 Å². The van der Waals surface area contributed by atoms with Crippen LogP contribution in [0, 0.1) is 0 Å². The Labute approximate surface area is 153 Å². The highest BCUT2D eigenvalue weighted by Gasteiger charge is 2.28. The van der Waals surface area contributed by atoms with Gasteiger partial charge in [0.25, 0.3) is 5.91 Å². The van der Waals surface area contributed by atoms with Crippen LogP contribution in [0.2, 0.25) is 0 Å². The SMILES string of the molecule is CCOC(=O)N1CCCN(C(=O)c2c(OC)cc(OC)cc2OC)CC1. The summed E-state index contributed by atoms with van der Waals surface area (Å²) in [6.45, 7) is 4.03. The van der Waals surface area contributed by atoms with Crippen molar-refractivity contribution in [1.29, 1.82) is 0 Å². The molecular weight excluding hydrogens is 340 g/mol. The molecule has 0 aliphatic carbocycles. The fourth-order valence-electron chi connectivity index (χ4n) is 2.89. The van der Waals surface area contributed by atoms with E-state index in [0.29, 0.717) is 62.0 Å². The maximum atomic E-state index is 13.1. The van der Waals surface area contributed by atoms with Crippen molar-refractivity contribution in [3.8, 4) is 17.2 Å². The predicted octanol–water partition coefficient (Wildman–Crippen LogP) is 2.02. The first kappa shape index (κ1) is 19.7. The van der Waals surface area contributed by atoms with Gasteiger partial charge in [-0.15, -0.1) is 0 Å². The van der Waals surface area contributed by atoms with Crippen molar-refractivity contribution >= 4 is 12.0 Å². The van der Waals surface area contributed by atoms with Gasteiger partial charge in [0.1, 0.15) is 22.8 Å². The highest BCUT2D eigenvalue weighted by molar-refractivity contribution is 6.00. The van der Waals surface area contributed by atoms with E-state index in [9.17, 15) is 9.59 Å². The molecule has 144 valence electrons. The Bertz CT molecular complexity index is 624. The molecule has 0 spiro atoms. The summed E-state index contributed by atoms with van der Waals surface area (Å²) in [4.78, 5) is 28.3. The van der Waals surface area contributed by atoms with Crippen LogP contribution in [-0.2, 0) is 4.74 Å². The van der Waals surface area contributed by atoms with Gasteiger partial charge in [0.2, 0.25) is 0 Å². The summed E-state index contributed by atoms with van der Waals surface area (Å²) in [7, 11) is 4.53. The standard InChI is InChI=1S/C18H26N2O6/c1-5-26-18(22)20-8-6-7-19(9-10-20)17(21)16-14(24-3)11-13(23-2)12-15(16)25-4/h11-12H,5-10H2,1-4H3. The molecule has 0 bridgehead atoms. The van der Waals surface area contributed by atoms with Crippen LogP contribution in [0.4, 0.5) is 4.79 Å². The highest BCUT2D eigenvalue weighted by atomic mass is 16.6. The zero-order valence-corrected chi connectivity index (χ0v) is 15.7. The number of methoxy groups -OCH3 is 3. The Morgan fingerprint density at radius 3 is 2.04 bits per heavy atom. The van der Waals surface area contributed by atoms with Gasteiger partial charge in [0, 0.05) is 38.3 Å². The van der Waals surface area contributed by atoms with Crippen LogP contribution in [0.3, 0.4) is 0 Å². The average molecular weight is 366 g/mol. The van der Waals surface area contributed by atoms with Gasteiger partial charge in [-0.05, 0) is 13.3 Å². The minimum Gasteiger partial charge on any atom is -0.496 e. The Hall–Kier alpha value is -2.64. The van der Waals surface area contributed by atoms with Crippen molar-refractivity contribution in [2.24, 2.45) is 0 Å². The quantitative estimate of drug-likeness (QED) is 0.793. The molecule has 0 unspecified atom stereocenters. The van der Waals surface area contributed by atoms with Crippen molar-refractivity contribution in [2.45, 2.75) is 13.3 Å². The van der Waals surface area contributed by atoms with E-state index in [2.05, 4.69) is 0 Å². The van der Waals surface area contributed by atoms with Crippen molar-refractivity contribution in [3.63, 3.8) is 0 Å². The lowest BCUT2D eigenvalue weighted by Gasteiger charge is -2.23. The zero-order chi connectivity index (χ0) is 19.1. The number of ether oxygens (including phenoxy) is 4. The zero-order valence-electron chi connectivity index (χ0n) is 15.7. The average Bonchev–Trinajstić information content (AvgIpc) is 2.92. The lowest BCUT2D eigenvalue weighted by Crippen LogP contribution is -2.37. The third-order valence-electron chi connectivity index (χ3n) is 4.24. The van der Waals surface area contributed by atoms with Crippen LogP contribution >= 0.6 is 0 Å². The van der Waals surface area contributed by atoms with Gasteiger partial charge >= 0.3 is 6.09 Å². The fourth-order valence-corrected chi connectivity index (χ4v) is 2.89. The van der Waals surface area contributed by atoms with Crippen LogP contribution in [0.1, 0.15) is 23.7 Å². The Balaban J connectivity index is 2.22. The molecule has 2 amide bonds. The number of rotatable bonds is 5. The van der Waals surface area contributed by atoms with E-state index in [1.54, 1.807) is 28.9 Å². The van der Waals surface area contributed by atoms with Gasteiger partial charge in [-0.1, -0.05) is 0 Å². The molecule has 0 saturated carbocycles. The van der Waals surface area contributed by atoms with E-state index in [1.165, 1.54) is 21.3 Å². The van der Waals surface area contributed by atoms with Crippen LogP contribution in [0.5, 0.6) is 17.2 Å². The number of hydrogen-bond donors (Lipinski definition) is 0. The normalized spacial score (nSPS) is 14.5. The molecule has 2 rings (SSSR count). The van der Waals surface area contributed by atoms with Crippen LogP contribution < -0.4 is 14.2 Å². The number of carbonyl (C=O) groups is 2. The molecule has 1 heterocycles. The van der Waals surface area contributed by atoms with E-state index >= 15 is 0 Å². The topological polar surface area (TPSA) is 77.5 Å². The number of nitrogens with zero attached hydrogens (tertiary/aromatic N) is 2. The van der Waals surface area contributed by atoms with Crippen molar-refractivity contribution in [2.75, 3.05) is 54.1 Å². The maximum absolute atomic E-state index is 13.1. The second-order valence-corrected chi connectivity index (χ2v) is 5.74. The van der Waals surface area contributed by atoms with Crippen LogP contribution in [0.25, 0.3) is 0 Å². The summed E-state index contributed by atoms with van der Waals surface area (Å²) in [6.07, 6.45) is 0.326. The van der Waals surface area contributed by atoms with Crippen LogP contribution in [-0.4, -0.2) is 75.9 Å². The van der Waals surface area contributed by atoms with E-state index in [-0.39, 0.29) is 12.0 Å². The highest BCUT2D eigenvalue weighted by Crippen LogP contribution is 2.35. The summed E-state index contributed by atoms with van der Waals surface area (Å²) >= 11 is 0. The molecule has 8 heteroatoms. The summed E-state index contributed by atoms with van der Waals surface area (Å²) in [5, 5.41) is 0. The largest absolute Gasteiger partial charge is 0.496 e. The molecule has 1 aliphatic heterocycles. The first-order valence-corrected chi connectivity index (χ1v) is 8.56. The molecule has 1 aliphatic rings. The molecular formula is C18H26N2O6. The molecule has 0 aromatic heterocycles.